The number of hydrogen-bond acceptors (Lipinski definition) is 3. The number of rotatable bonds is 4. The summed E-state index contributed by atoms with van der Waals surface area (Å²) in [4.78, 5) is 0. The van der Waals surface area contributed by atoms with Gasteiger partial charge in [-0.25, -0.2) is 8.42 Å². The lowest BCUT2D eigenvalue weighted by Gasteiger charge is -2.28. The highest BCUT2D eigenvalue weighted by atomic mass is 32.2. The van der Waals surface area contributed by atoms with Gasteiger partial charge in [0.1, 0.15) is 0 Å². The van der Waals surface area contributed by atoms with E-state index in [0.717, 1.165) is 24.8 Å². The minimum atomic E-state index is -3.03. The molecule has 4 heteroatoms. The van der Waals surface area contributed by atoms with Crippen LogP contribution in [0.4, 0.5) is 0 Å². The molecule has 2 N–H and O–H groups in total. The highest BCUT2D eigenvalue weighted by Gasteiger charge is 2.34. The van der Waals surface area contributed by atoms with Crippen LogP contribution in [0.1, 0.15) is 50.3 Å². The summed E-state index contributed by atoms with van der Waals surface area (Å²) >= 11 is 0. The molecule has 1 saturated heterocycles. The molecule has 0 aliphatic carbocycles. The average molecular weight is 295 g/mol. The van der Waals surface area contributed by atoms with Crippen molar-refractivity contribution in [3.63, 3.8) is 0 Å². The molecular formula is C16H25NO2S. The van der Waals surface area contributed by atoms with Crippen LogP contribution in [0.2, 0.25) is 0 Å². The lowest BCUT2D eigenvalue weighted by molar-refractivity contribution is 0.504. The predicted octanol–water partition coefficient (Wildman–Crippen LogP) is 2.85. The van der Waals surface area contributed by atoms with Gasteiger partial charge in [0.05, 0.1) is 11.0 Å². The summed E-state index contributed by atoms with van der Waals surface area (Å²) in [6.45, 7) is 4.36. The van der Waals surface area contributed by atoms with Gasteiger partial charge in [0.25, 0.3) is 0 Å². The normalized spacial score (nSPS) is 23.7. The largest absolute Gasteiger partial charge is 0.323 e. The number of sulfone groups is 1. The summed E-state index contributed by atoms with van der Waals surface area (Å²) in [7, 11) is -3.03. The Labute approximate surface area is 122 Å². The van der Waals surface area contributed by atoms with Gasteiger partial charge in [0.15, 0.2) is 9.84 Å². The first-order valence-electron chi connectivity index (χ1n) is 7.46. The predicted molar refractivity (Wildman–Crippen MR) is 83.3 cm³/mol. The standard InChI is InChI=1S/C16H25NO2S/c1-12(2)10-13-6-5-7-14(11-13)16(17)15-8-3-4-9-20(15,18)19/h5-7,11-12,15-16H,3-4,8-10,17H2,1-2H3. The summed E-state index contributed by atoms with van der Waals surface area (Å²) in [5, 5.41) is -0.412. The smallest absolute Gasteiger partial charge is 0.155 e. The van der Waals surface area contributed by atoms with Crippen LogP contribution in [0.25, 0.3) is 0 Å². The van der Waals surface area contributed by atoms with E-state index in [1.54, 1.807) is 0 Å². The zero-order valence-electron chi connectivity index (χ0n) is 12.4. The van der Waals surface area contributed by atoms with Gasteiger partial charge < -0.3 is 5.73 Å². The van der Waals surface area contributed by atoms with Crippen LogP contribution in [0.15, 0.2) is 24.3 Å². The van der Waals surface area contributed by atoms with Gasteiger partial charge in [-0.2, -0.15) is 0 Å². The second-order valence-electron chi connectivity index (χ2n) is 6.27. The highest BCUT2D eigenvalue weighted by molar-refractivity contribution is 7.92. The molecule has 0 saturated carbocycles. The van der Waals surface area contributed by atoms with Gasteiger partial charge in [0.2, 0.25) is 0 Å². The maximum absolute atomic E-state index is 12.2. The van der Waals surface area contributed by atoms with Crippen molar-refractivity contribution in [1.82, 2.24) is 0 Å². The SMILES string of the molecule is CC(C)Cc1cccc(C(N)C2CCCCS2(=O)=O)c1. The molecule has 0 bridgehead atoms. The molecule has 1 aromatic rings. The van der Waals surface area contributed by atoms with Crippen molar-refractivity contribution in [1.29, 1.82) is 0 Å². The Kier molecular flexibility index (Phi) is 4.86. The van der Waals surface area contributed by atoms with E-state index in [1.807, 2.05) is 12.1 Å². The summed E-state index contributed by atoms with van der Waals surface area (Å²) < 4.78 is 24.4. The first-order chi connectivity index (χ1) is 9.40. The molecule has 2 unspecified atom stereocenters. The fourth-order valence-electron chi connectivity index (χ4n) is 3.00. The Hall–Kier alpha value is -0.870. The minimum absolute atomic E-state index is 0.289. The Morgan fingerprint density at radius 2 is 2.05 bits per heavy atom. The van der Waals surface area contributed by atoms with Crippen LogP contribution in [-0.4, -0.2) is 19.4 Å². The molecule has 2 rings (SSSR count). The molecular weight excluding hydrogens is 270 g/mol. The third kappa shape index (κ3) is 3.61. The molecule has 1 aliphatic heterocycles. The van der Waals surface area contributed by atoms with Crippen molar-refractivity contribution < 1.29 is 8.42 Å². The topological polar surface area (TPSA) is 60.2 Å². The van der Waals surface area contributed by atoms with E-state index in [9.17, 15) is 8.42 Å². The third-order valence-electron chi connectivity index (χ3n) is 4.01. The van der Waals surface area contributed by atoms with Crippen molar-refractivity contribution in [2.75, 3.05) is 5.75 Å². The van der Waals surface area contributed by atoms with Crippen molar-refractivity contribution in [3.8, 4) is 0 Å². The maximum Gasteiger partial charge on any atom is 0.155 e. The lowest BCUT2D eigenvalue weighted by Crippen LogP contribution is -2.37. The first kappa shape index (κ1) is 15.5. The van der Waals surface area contributed by atoms with Gasteiger partial charge in [-0.3, -0.25) is 0 Å². The fraction of sp³-hybridized carbons (Fsp3) is 0.625. The number of benzene rings is 1. The summed E-state index contributed by atoms with van der Waals surface area (Å²) in [5.41, 5.74) is 8.46. The summed E-state index contributed by atoms with van der Waals surface area (Å²) in [6, 6.07) is 7.72. The van der Waals surface area contributed by atoms with Crippen molar-refractivity contribution >= 4 is 9.84 Å². The Morgan fingerprint density at radius 1 is 1.30 bits per heavy atom. The van der Waals surface area contributed by atoms with E-state index in [2.05, 4.69) is 26.0 Å². The van der Waals surface area contributed by atoms with Crippen LogP contribution >= 0.6 is 0 Å². The molecule has 112 valence electrons. The molecule has 20 heavy (non-hydrogen) atoms. The van der Waals surface area contributed by atoms with E-state index in [0.29, 0.717) is 12.3 Å². The second-order valence-corrected chi connectivity index (χ2v) is 8.61. The fourth-order valence-corrected chi connectivity index (χ4v) is 5.04. The Bertz CT molecular complexity index is 551. The monoisotopic (exact) mass is 295 g/mol. The lowest BCUT2D eigenvalue weighted by atomic mass is 9.95. The first-order valence-corrected chi connectivity index (χ1v) is 9.17. The zero-order valence-corrected chi connectivity index (χ0v) is 13.2. The molecule has 0 aromatic heterocycles. The van der Waals surface area contributed by atoms with Crippen LogP contribution < -0.4 is 5.73 Å². The van der Waals surface area contributed by atoms with Crippen LogP contribution in [0, 0.1) is 5.92 Å². The van der Waals surface area contributed by atoms with E-state index in [-0.39, 0.29) is 5.75 Å². The Balaban J connectivity index is 2.22. The highest BCUT2D eigenvalue weighted by Crippen LogP contribution is 2.29. The molecule has 0 spiro atoms. The molecule has 0 radical (unpaired) electrons. The quantitative estimate of drug-likeness (QED) is 0.929. The average Bonchev–Trinajstić information content (AvgIpc) is 2.37. The summed E-state index contributed by atoms with van der Waals surface area (Å²) in [6.07, 6.45) is 3.43. The van der Waals surface area contributed by atoms with Crippen molar-refractivity contribution in [2.24, 2.45) is 11.7 Å². The second kappa shape index (κ2) is 6.27. The van der Waals surface area contributed by atoms with Crippen LogP contribution in [0.5, 0.6) is 0 Å². The molecule has 1 fully saturated rings. The molecule has 1 aliphatic rings. The minimum Gasteiger partial charge on any atom is -0.323 e. The van der Waals surface area contributed by atoms with Gasteiger partial charge in [-0.15, -0.1) is 0 Å². The van der Waals surface area contributed by atoms with Crippen molar-refractivity contribution in [3.05, 3.63) is 35.4 Å². The number of nitrogens with two attached hydrogens (primary N) is 1. The van der Waals surface area contributed by atoms with E-state index in [4.69, 9.17) is 5.73 Å². The molecule has 3 nitrogen and oxygen atoms in total. The third-order valence-corrected chi connectivity index (χ3v) is 6.32. The van der Waals surface area contributed by atoms with Gasteiger partial charge in [-0.05, 0) is 36.3 Å². The van der Waals surface area contributed by atoms with Crippen molar-refractivity contribution in [2.45, 2.75) is 50.8 Å². The summed E-state index contributed by atoms with van der Waals surface area (Å²) in [5.74, 6) is 0.872. The van der Waals surface area contributed by atoms with Gasteiger partial charge in [0, 0.05) is 6.04 Å². The molecule has 2 atom stereocenters. The van der Waals surface area contributed by atoms with E-state index in [1.165, 1.54) is 5.56 Å². The van der Waals surface area contributed by atoms with E-state index >= 15 is 0 Å². The number of hydrogen-bond donors (Lipinski definition) is 1. The van der Waals surface area contributed by atoms with Gasteiger partial charge >= 0.3 is 0 Å². The van der Waals surface area contributed by atoms with E-state index < -0.39 is 21.1 Å². The molecule has 0 amide bonds. The van der Waals surface area contributed by atoms with Crippen LogP contribution in [0.3, 0.4) is 0 Å². The van der Waals surface area contributed by atoms with Gasteiger partial charge in [-0.1, -0.05) is 44.5 Å². The zero-order chi connectivity index (χ0) is 14.8. The molecule has 1 aromatic carbocycles. The Morgan fingerprint density at radius 3 is 2.70 bits per heavy atom. The molecule has 1 heterocycles. The maximum atomic E-state index is 12.2. The van der Waals surface area contributed by atoms with Crippen LogP contribution in [-0.2, 0) is 16.3 Å².